The van der Waals surface area contributed by atoms with Crippen molar-refractivity contribution in [2.24, 2.45) is 5.73 Å². The summed E-state index contributed by atoms with van der Waals surface area (Å²) in [5.74, 6) is 0.840. The zero-order valence-corrected chi connectivity index (χ0v) is 15.7. The van der Waals surface area contributed by atoms with Gasteiger partial charge in [-0.3, -0.25) is 0 Å². The number of nitrogens with zero attached hydrogens (tertiary/aromatic N) is 2. The summed E-state index contributed by atoms with van der Waals surface area (Å²) in [6.07, 6.45) is -2.01. The molecule has 1 aromatic heterocycles. The molecule has 1 heterocycles. The maximum Gasteiger partial charge on any atom is 0.416 e. The summed E-state index contributed by atoms with van der Waals surface area (Å²) in [6.45, 7) is 2.53. The number of alkyl halides is 3. The third kappa shape index (κ3) is 5.03. The molecule has 1 atom stereocenters. The van der Waals surface area contributed by atoms with Crippen molar-refractivity contribution in [3.8, 4) is 28.3 Å². The fourth-order valence-corrected chi connectivity index (χ4v) is 2.71. The SMILES string of the molecule is CCC(N)CNc1ccnc(-c2cc(-c3ccc(C(F)(F)F)cc3)ccc2O)n1. The van der Waals surface area contributed by atoms with Crippen LogP contribution < -0.4 is 11.1 Å². The van der Waals surface area contributed by atoms with Gasteiger partial charge in [0.2, 0.25) is 0 Å². The molecule has 0 radical (unpaired) electrons. The van der Waals surface area contributed by atoms with E-state index in [4.69, 9.17) is 5.73 Å². The first kappa shape index (κ1) is 20.6. The summed E-state index contributed by atoms with van der Waals surface area (Å²) >= 11 is 0. The number of phenolic OH excluding ortho intramolecular Hbond substituents is 1. The molecule has 0 aliphatic carbocycles. The van der Waals surface area contributed by atoms with Gasteiger partial charge in [0.15, 0.2) is 5.82 Å². The Morgan fingerprint density at radius 1 is 1.07 bits per heavy atom. The van der Waals surface area contributed by atoms with Crippen LogP contribution in [0.2, 0.25) is 0 Å². The first-order valence-electron chi connectivity index (χ1n) is 9.11. The van der Waals surface area contributed by atoms with Crippen molar-refractivity contribution in [1.29, 1.82) is 0 Å². The second kappa shape index (κ2) is 8.48. The fourth-order valence-electron chi connectivity index (χ4n) is 2.71. The van der Waals surface area contributed by atoms with Crippen LogP contribution in [0.4, 0.5) is 19.0 Å². The molecule has 0 saturated heterocycles. The van der Waals surface area contributed by atoms with E-state index in [2.05, 4.69) is 15.3 Å². The molecular weight excluding hydrogens is 381 g/mol. The molecule has 8 heteroatoms. The van der Waals surface area contributed by atoms with E-state index in [-0.39, 0.29) is 11.8 Å². The summed E-state index contributed by atoms with van der Waals surface area (Å²) in [5, 5.41) is 13.4. The number of nitrogens with two attached hydrogens (primary N) is 1. The zero-order valence-electron chi connectivity index (χ0n) is 15.7. The number of aromatic nitrogens is 2. The molecule has 5 nitrogen and oxygen atoms in total. The van der Waals surface area contributed by atoms with Gasteiger partial charge in [0.25, 0.3) is 0 Å². The monoisotopic (exact) mass is 402 g/mol. The van der Waals surface area contributed by atoms with Gasteiger partial charge in [-0.25, -0.2) is 9.97 Å². The van der Waals surface area contributed by atoms with E-state index in [0.717, 1.165) is 18.6 Å². The van der Waals surface area contributed by atoms with E-state index in [1.54, 1.807) is 24.4 Å². The van der Waals surface area contributed by atoms with Crippen molar-refractivity contribution < 1.29 is 18.3 Å². The van der Waals surface area contributed by atoms with Crippen molar-refractivity contribution in [3.63, 3.8) is 0 Å². The van der Waals surface area contributed by atoms with E-state index in [1.165, 1.54) is 18.2 Å². The van der Waals surface area contributed by atoms with Crippen LogP contribution in [-0.4, -0.2) is 27.7 Å². The Morgan fingerprint density at radius 2 is 1.76 bits per heavy atom. The van der Waals surface area contributed by atoms with Gasteiger partial charge in [-0.05, 0) is 47.9 Å². The molecule has 4 N–H and O–H groups in total. The summed E-state index contributed by atoms with van der Waals surface area (Å²) in [6, 6.07) is 11.3. The van der Waals surface area contributed by atoms with Gasteiger partial charge in [0, 0.05) is 18.8 Å². The first-order valence-corrected chi connectivity index (χ1v) is 9.11. The summed E-state index contributed by atoms with van der Waals surface area (Å²) in [5.41, 5.74) is 6.79. The lowest BCUT2D eigenvalue weighted by atomic mass is 10.0. The Kier molecular flexibility index (Phi) is 6.03. The molecular formula is C21H21F3N4O. The number of halogens is 3. The Labute approximate surface area is 166 Å². The zero-order chi connectivity index (χ0) is 21.0. The van der Waals surface area contributed by atoms with E-state index in [9.17, 15) is 18.3 Å². The Morgan fingerprint density at radius 3 is 2.41 bits per heavy atom. The summed E-state index contributed by atoms with van der Waals surface area (Å²) in [7, 11) is 0. The van der Waals surface area contributed by atoms with Crippen molar-refractivity contribution in [2.75, 3.05) is 11.9 Å². The first-order chi connectivity index (χ1) is 13.8. The van der Waals surface area contributed by atoms with Crippen LogP contribution >= 0.6 is 0 Å². The second-order valence-electron chi connectivity index (χ2n) is 6.62. The minimum atomic E-state index is -4.39. The third-order valence-electron chi connectivity index (χ3n) is 4.51. The molecule has 0 saturated carbocycles. The van der Waals surface area contributed by atoms with Gasteiger partial charge in [-0.2, -0.15) is 13.2 Å². The molecule has 29 heavy (non-hydrogen) atoms. The van der Waals surface area contributed by atoms with Crippen LogP contribution in [0.3, 0.4) is 0 Å². The number of aromatic hydroxyl groups is 1. The number of rotatable bonds is 6. The smallest absolute Gasteiger partial charge is 0.416 e. The van der Waals surface area contributed by atoms with Crippen molar-refractivity contribution in [3.05, 3.63) is 60.3 Å². The van der Waals surface area contributed by atoms with Crippen LogP contribution in [0.1, 0.15) is 18.9 Å². The quantitative estimate of drug-likeness (QED) is 0.557. The summed E-state index contributed by atoms with van der Waals surface area (Å²) in [4.78, 5) is 8.61. The van der Waals surface area contributed by atoms with E-state index >= 15 is 0 Å². The van der Waals surface area contributed by atoms with Gasteiger partial charge in [-0.1, -0.05) is 25.1 Å². The highest BCUT2D eigenvalue weighted by Gasteiger charge is 2.30. The predicted molar refractivity (Wildman–Crippen MR) is 106 cm³/mol. The normalized spacial score (nSPS) is 12.6. The molecule has 0 fully saturated rings. The van der Waals surface area contributed by atoms with Crippen LogP contribution in [0.5, 0.6) is 5.75 Å². The highest BCUT2D eigenvalue weighted by molar-refractivity contribution is 5.74. The van der Waals surface area contributed by atoms with Gasteiger partial charge >= 0.3 is 6.18 Å². The van der Waals surface area contributed by atoms with E-state index in [0.29, 0.717) is 34.9 Å². The molecule has 0 aliphatic heterocycles. The van der Waals surface area contributed by atoms with Crippen LogP contribution in [0, 0.1) is 0 Å². The number of hydrogen-bond donors (Lipinski definition) is 3. The summed E-state index contributed by atoms with van der Waals surface area (Å²) < 4.78 is 38.3. The van der Waals surface area contributed by atoms with Gasteiger partial charge in [0.05, 0.1) is 11.1 Å². The van der Waals surface area contributed by atoms with Gasteiger partial charge in [0.1, 0.15) is 11.6 Å². The predicted octanol–water partition coefficient (Wildman–Crippen LogP) is 4.68. The molecule has 1 unspecified atom stereocenters. The maximum absolute atomic E-state index is 12.8. The third-order valence-corrected chi connectivity index (χ3v) is 4.51. The number of phenols is 1. The van der Waals surface area contributed by atoms with Crippen molar-refractivity contribution in [1.82, 2.24) is 9.97 Å². The standard InChI is InChI=1S/C21H21F3N4O/c1-2-16(25)12-27-19-9-10-26-20(28-19)17-11-14(5-8-18(17)29)13-3-6-15(7-4-13)21(22,23)24/h3-11,16,29H,2,12,25H2,1H3,(H,26,27,28). The van der Waals surface area contributed by atoms with Gasteiger partial charge in [-0.15, -0.1) is 0 Å². The minimum absolute atomic E-state index is 0.00943. The average molecular weight is 402 g/mol. The number of hydrogen-bond acceptors (Lipinski definition) is 5. The number of anilines is 1. The maximum atomic E-state index is 12.8. The topological polar surface area (TPSA) is 84.1 Å². The molecule has 0 aliphatic rings. The van der Waals surface area contributed by atoms with E-state index in [1.807, 2.05) is 6.92 Å². The molecule has 0 amide bonds. The van der Waals surface area contributed by atoms with Crippen LogP contribution in [-0.2, 0) is 6.18 Å². The lowest BCUT2D eigenvalue weighted by Gasteiger charge is -2.12. The largest absolute Gasteiger partial charge is 0.507 e. The molecule has 3 aromatic rings. The highest BCUT2D eigenvalue weighted by atomic mass is 19.4. The lowest BCUT2D eigenvalue weighted by molar-refractivity contribution is -0.137. The Bertz CT molecular complexity index is 974. The number of nitrogens with one attached hydrogen (secondary N) is 1. The van der Waals surface area contributed by atoms with Crippen molar-refractivity contribution in [2.45, 2.75) is 25.6 Å². The molecule has 0 spiro atoms. The van der Waals surface area contributed by atoms with E-state index < -0.39 is 11.7 Å². The van der Waals surface area contributed by atoms with Gasteiger partial charge < -0.3 is 16.2 Å². The molecule has 152 valence electrons. The molecule has 3 rings (SSSR count). The average Bonchev–Trinajstić information content (AvgIpc) is 2.72. The van der Waals surface area contributed by atoms with Crippen molar-refractivity contribution >= 4 is 5.82 Å². The highest BCUT2D eigenvalue weighted by Crippen LogP contribution is 2.34. The molecule has 0 bridgehead atoms. The second-order valence-corrected chi connectivity index (χ2v) is 6.62. The Balaban J connectivity index is 1.90. The lowest BCUT2D eigenvalue weighted by Crippen LogP contribution is -2.28. The Hall–Kier alpha value is -3.13. The van der Waals surface area contributed by atoms with Crippen LogP contribution in [0.15, 0.2) is 54.7 Å². The number of benzene rings is 2. The fraction of sp³-hybridized carbons (Fsp3) is 0.238. The minimum Gasteiger partial charge on any atom is -0.507 e. The molecule has 2 aromatic carbocycles. The van der Waals surface area contributed by atoms with Crippen LogP contribution in [0.25, 0.3) is 22.5 Å².